The second kappa shape index (κ2) is 6.63. The molecular formula is C13H19ClN2O3. The van der Waals surface area contributed by atoms with Crippen LogP contribution in [0.2, 0.25) is 5.02 Å². The summed E-state index contributed by atoms with van der Waals surface area (Å²) < 4.78 is 5.12. The number of hydrogen-bond acceptors (Lipinski definition) is 4. The van der Waals surface area contributed by atoms with Crippen molar-refractivity contribution in [3.8, 4) is 0 Å². The van der Waals surface area contributed by atoms with Crippen LogP contribution in [0.4, 0.5) is 11.4 Å². The summed E-state index contributed by atoms with van der Waals surface area (Å²) in [5, 5.41) is 12.6. The average Bonchev–Trinajstić information content (AvgIpc) is 2.30. The fraction of sp³-hybridized carbons (Fsp3) is 0.462. The van der Waals surface area contributed by atoms with E-state index < -0.39 is 5.97 Å². The molecule has 1 rings (SSSR count). The molecule has 5 nitrogen and oxygen atoms in total. The van der Waals surface area contributed by atoms with Gasteiger partial charge in [-0.3, -0.25) is 0 Å². The first-order chi connectivity index (χ1) is 8.86. The van der Waals surface area contributed by atoms with Crippen LogP contribution in [0.1, 0.15) is 24.2 Å². The molecule has 1 atom stereocenters. The Hall–Kier alpha value is -1.46. The lowest BCUT2D eigenvalue weighted by Crippen LogP contribution is -2.31. The third-order valence-electron chi connectivity index (χ3n) is 2.82. The molecule has 1 unspecified atom stereocenters. The number of carbonyl (C=O) groups is 1. The van der Waals surface area contributed by atoms with Gasteiger partial charge in [0.15, 0.2) is 0 Å². The lowest BCUT2D eigenvalue weighted by atomic mass is 10.0. The molecule has 0 heterocycles. The maximum Gasteiger partial charge on any atom is 0.337 e. The van der Waals surface area contributed by atoms with Crippen LogP contribution >= 0.6 is 11.6 Å². The van der Waals surface area contributed by atoms with E-state index in [1.807, 2.05) is 13.8 Å². The Balaban J connectivity index is 3.14. The highest BCUT2D eigenvalue weighted by Gasteiger charge is 2.20. The molecule has 0 bridgehead atoms. The molecule has 0 saturated heterocycles. The van der Waals surface area contributed by atoms with Crippen LogP contribution in [0.5, 0.6) is 0 Å². The highest BCUT2D eigenvalue weighted by Crippen LogP contribution is 2.30. The van der Waals surface area contributed by atoms with Crippen molar-refractivity contribution in [1.29, 1.82) is 0 Å². The van der Waals surface area contributed by atoms with E-state index in [1.165, 1.54) is 12.1 Å². The lowest BCUT2D eigenvalue weighted by Gasteiger charge is -2.24. The Morgan fingerprint density at radius 3 is 2.63 bits per heavy atom. The van der Waals surface area contributed by atoms with Gasteiger partial charge in [-0.2, -0.15) is 0 Å². The number of anilines is 2. The van der Waals surface area contributed by atoms with E-state index in [0.29, 0.717) is 23.0 Å². The smallest absolute Gasteiger partial charge is 0.337 e. The van der Waals surface area contributed by atoms with Crippen molar-refractivity contribution >= 4 is 28.9 Å². The summed E-state index contributed by atoms with van der Waals surface area (Å²) in [6, 6.07) is 2.88. The third kappa shape index (κ3) is 4.01. The van der Waals surface area contributed by atoms with Crippen molar-refractivity contribution in [2.24, 2.45) is 5.92 Å². The summed E-state index contributed by atoms with van der Waals surface area (Å²) in [7, 11) is 1.60. The van der Waals surface area contributed by atoms with Gasteiger partial charge in [-0.15, -0.1) is 0 Å². The van der Waals surface area contributed by atoms with E-state index in [2.05, 4.69) is 5.32 Å². The quantitative estimate of drug-likeness (QED) is 0.700. The van der Waals surface area contributed by atoms with Crippen LogP contribution in [-0.2, 0) is 4.74 Å². The second-order valence-corrected chi connectivity index (χ2v) is 5.09. The second-order valence-electron chi connectivity index (χ2n) is 4.68. The number of hydrogen-bond donors (Lipinski definition) is 3. The molecule has 0 aliphatic rings. The number of nitrogens with one attached hydrogen (secondary N) is 1. The van der Waals surface area contributed by atoms with Gasteiger partial charge in [0.25, 0.3) is 0 Å². The van der Waals surface area contributed by atoms with Gasteiger partial charge in [0, 0.05) is 12.8 Å². The fourth-order valence-corrected chi connectivity index (χ4v) is 1.99. The molecule has 0 amide bonds. The Labute approximate surface area is 117 Å². The number of carboxylic acids is 1. The van der Waals surface area contributed by atoms with Crippen molar-refractivity contribution in [2.45, 2.75) is 19.9 Å². The van der Waals surface area contributed by atoms with Crippen LogP contribution < -0.4 is 11.1 Å². The summed E-state index contributed by atoms with van der Waals surface area (Å²) >= 11 is 6.08. The van der Waals surface area contributed by atoms with Gasteiger partial charge in [-0.05, 0) is 18.1 Å². The number of halogens is 1. The summed E-state index contributed by atoms with van der Waals surface area (Å²) in [6.07, 6.45) is 0. The van der Waals surface area contributed by atoms with Gasteiger partial charge in [0.1, 0.15) is 0 Å². The van der Waals surface area contributed by atoms with Crippen LogP contribution in [0.3, 0.4) is 0 Å². The minimum atomic E-state index is -1.07. The normalized spacial score (nSPS) is 12.5. The van der Waals surface area contributed by atoms with Crippen molar-refractivity contribution < 1.29 is 14.6 Å². The zero-order valence-electron chi connectivity index (χ0n) is 11.2. The highest BCUT2D eigenvalue weighted by molar-refractivity contribution is 6.34. The maximum absolute atomic E-state index is 11.2. The number of nitrogens with two attached hydrogens (primary N) is 1. The number of carboxylic acid groups (broad SMARTS) is 1. The predicted octanol–water partition coefficient (Wildman–Crippen LogP) is 2.70. The molecule has 6 heteroatoms. The third-order valence-corrected chi connectivity index (χ3v) is 3.12. The van der Waals surface area contributed by atoms with E-state index in [-0.39, 0.29) is 17.5 Å². The van der Waals surface area contributed by atoms with Crippen molar-refractivity contribution in [3.63, 3.8) is 0 Å². The molecule has 0 saturated carbocycles. The molecule has 1 aromatic rings. The van der Waals surface area contributed by atoms with Gasteiger partial charge < -0.3 is 20.9 Å². The molecule has 4 N–H and O–H groups in total. The molecule has 0 aromatic heterocycles. The lowest BCUT2D eigenvalue weighted by molar-refractivity contribution is 0.0697. The van der Waals surface area contributed by atoms with Crippen LogP contribution in [-0.4, -0.2) is 30.8 Å². The first kappa shape index (κ1) is 15.6. The van der Waals surface area contributed by atoms with Crippen molar-refractivity contribution in [1.82, 2.24) is 0 Å². The minimum Gasteiger partial charge on any atom is -0.478 e. The van der Waals surface area contributed by atoms with Crippen LogP contribution in [0, 0.1) is 5.92 Å². The standard InChI is InChI=1S/C13H19ClN2O3/c1-7(2)11(6-19-3)16-12-9(13(17)18)4-8(15)5-10(12)14/h4-5,7,11,16H,6,15H2,1-3H3,(H,17,18). The zero-order valence-corrected chi connectivity index (χ0v) is 12.0. The Kier molecular flexibility index (Phi) is 5.44. The minimum absolute atomic E-state index is 0.0378. The molecule has 0 aliphatic heterocycles. The predicted molar refractivity (Wildman–Crippen MR) is 76.9 cm³/mol. The van der Waals surface area contributed by atoms with E-state index in [9.17, 15) is 9.90 Å². The molecule has 0 spiro atoms. The first-order valence-electron chi connectivity index (χ1n) is 5.94. The fourth-order valence-electron chi connectivity index (χ4n) is 1.71. The van der Waals surface area contributed by atoms with Gasteiger partial charge in [0.05, 0.1) is 28.9 Å². The Morgan fingerprint density at radius 1 is 1.53 bits per heavy atom. The van der Waals surface area contributed by atoms with Crippen molar-refractivity contribution in [2.75, 3.05) is 24.8 Å². The summed E-state index contributed by atoms with van der Waals surface area (Å²) in [5.74, 6) is -0.813. The Bertz CT molecular complexity index is 463. The van der Waals surface area contributed by atoms with Gasteiger partial charge in [0.2, 0.25) is 0 Å². The van der Waals surface area contributed by atoms with Gasteiger partial charge in [-0.25, -0.2) is 4.79 Å². The molecule has 0 fully saturated rings. The van der Waals surface area contributed by atoms with Gasteiger partial charge >= 0.3 is 5.97 Å². The van der Waals surface area contributed by atoms with E-state index in [0.717, 1.165) is 0 Å². The number of methoxy groups -OCH3 is 1. The number of nitrogen functional groups attached to an aromatic ring is 1. The molecule has 106 valence electrons. The van der Waals surface area contributed by atoms with Crippen molar-refractivity contribution in [3.05, 3.63) is 22.7 Å². The van der Waals surface area contributed by atoms with E-state index >= 15 is 0 Å². The first-order valence-corrected chi connectivity index (χ1v) is 6.32. The van der Waals surface area contributed by atoms with Gasteiger partial charge in [-0.1, -0.05) is 25.4 Å². The molecule has 1 aromatic carbocycles. The molecular weight excluding hydrogens is 268 g/mol. The summed E-state index contributed by atoms with van der Waals surface area (Å²) in [6.45, 7) is 4.49. The zero-order chi connectivity index (χ0) is 14.6. The number of rotatable bonds is 6. The van der Waals surface area contributed by atoms with Crippen LogP contribution in [0.25, 0.3) is 0 Å². The number of ether oxygens (including phenoxy) is 1. The highest BCUT2D eigenvalue weighted by atomic mass is 35.5. The number of benzene rings is 1. The van der Waals surface area contributed by atoms with E-state index in [1.54, 1.807) is 7.11 Å². The summed E-state index contributed by atoms with van der Waals surface area (Å²) in [5.41, 5.74) is 6.37. The average molecular weight is 287 g/mol. The molecule has 19 heavy (non-hydrogen) atoms. The monoisotopic (exact) mass is 286 g/mol. The largest absolute Gasteiger partial charge is 0.478 e. The van der Waals surface area contributed by atoms with E-state index in [4.69, 9.17) is 22.1 Å². The summed E-state index contributed by atoms with van der Waals surface area (Å²) in [4.78, 5) is 11.2. The SMILES string of the molecule is COCC(Nc1c(Cl)cc(N)cc1C(=O)O)C(C)C. The van der Waals surface area contributed by atoms with Crippen LogP contribution in [0.15, 0.2) is 12.1 Å². The molecule has 0 radical (unpaired) electrons. The maximum atomic E-state index is 11.2. The number of aromatic carboxylic acids is 1. The Morgan fingerprint density at radius 2 is 2.16 bits per heavy atom. The molecule has 0 aliphatic carbocycles. The topological polar surface area (TPSA) is 84.6 Å².